The third-order valence-electron chi connectivity index (χ3n) is 4.01. The first-order valence-electron chi connectivity index (χ1n) is 7.62. The van der Waals surface area contributed by atoms with Crippen molar-refractivity contribution in [3.05, 3.63) is 41.7 Å². The molecule has 2 aliphatic rings. The van der Waals surface area contributed by atoms with Crippen LogP contribution in [-0.2, 0) is 0 Å². The molecule has 22 heavy (non-hydrogen) atoms. The number of rotatable bonds is 5. The standard InChI is InChI=1S/C16H18N4O2/c21-16(15-7-14(19-20-15)10-1-2-10)18-11-3-5-12(6-4-11)22-13-8-17-9-13/h3-7,10,13,17H,1-2,8-9H2,(H,18,21)(H,19,20). The molecule has 114 valence electrons. The van der Waals surface area contributed by atoms with Crippen LogP contribution in [0.15, 0.2) is 30.3 Å². The Balaban J connectivity index is 1.37. The summed E-state index contributed by atoms with van der Waals surface area (Å²) in [4.78, 5) is 12.2. The molecule has 1 amide bonds. The summed E-state index contributed by atoms with van der Waals surface area (Å²) in [7, 11) is 0. The Kier molecular flexibility index (Phi) is 3.31. The van der Waals surface area contributed by atoms with Gasteiger partial charge in [0.1, 0.15) is 11.9 Å². The molecule has 0 bridgehead atoms. The minimum absolute atomic E-state index is 0.194. The van der Waals surface area contributed by atoms with Crippen molar-refractivity contribution in [3.8, 4) is 5.75 Å². The van der Waals surface area contributed by atoms with Crippen molar-refractivity contribution in [2.24, 2.45) is 0 Å². The number of H-pyrrole nitrogens is 1. The minimum Gasteiger partial charge on any atom is -0.488 e. The Morgan fingerprint density at radius 3 is 2.64 bits per heavy atom. The predicted molar refractivity (Wildman–Crippen MR) is 82.2 cm³/mol. The van der Waals surface area contributed by atoms with Crippen molar-refractivity contribution < 1.29 is 9.53 Å². The molecule has 1 aromatic heterocycles. The van der Waals surface area contributed by atoms with E-state index >= 15 is 0 Å². The summed E-state index contributed by atoms with van der Waals surface area (Å²) in [5, 5.41) is 13.0. The summed E-state index contributed by atoms with van der Waals surface area (Å²) >= 11 is 0. The van der Waals surface area contributed by atoms with Gasteiger partial charge in [-0.1, -0.05) is 0 Å². The number of anilines is 1. The molecule has 1 aliphatic carbocycles. The number of ether oxygens (including phenoxy) is 1. The fourth-order valence-electron chi connectivity index (χ4n) is 2.41. The summed E-state index contributed by atoms with van der Waals surface area (Å²) < 4.78 is 5.74. The van der Waals surface area contributed by atoms with Gasteiger partial charge in [-0.25, -0.2) is 0 Å². The number of amides is 1. The van der Waals surface area contributed by atoms with Gasteiger partial charge in [0.25, 0.3) is 5.91 Å². The van der Waals surface area contributed by atoms with Crippen LogP contribution in [0.3, 0.4) is 0 Å². The second-order valence-corrected chi connectivity index (χ2v) is 5.86. The van der Waals surface area contributed by atoms with E-state index in [9.17, 15) is 4.79 Å². The van der Waals surface area contributed by atoms with Gasteiger partial charge < -0.3 is 15.4 Å². The van der Waals surface area contributed by atoms with E-state index < -0.39 is 0 Å². The minimum atomic E-state index is -0.194. The Morgan fingerprint density at radius 1 is 1.23 bits per heavy atom. The maximum absolute atomic E-state index is 12.2. The number of hydrogen-bond donors (Lipinski definition) is 3. The molecule has 6 heteroatoms. The van der Waals surface area contributed by atoms with Gasteiger partial charge in [0.05, 0.1) is 0 Å². The van der Waals surface area contributed by atoms with Crippen LogP contribution in [-0.4, -0.2) is 35.3 Å². The average molecular weight is 298 g/mol. The fourth-order valence-corrected chi connectivity index (χ4v) is 2.41. The zero-order chi connectivity index (χ0) is 14.9. The molecule has 0 atom stereocenters. The lowest BCUT2D eigenvalue weighted by atomic mass is 10.2. The highest BCUT2D eigenvalue weighted by Gasteiger charge is 2.26. The molecule has 1 saturated heterocycles. The molecular formula is C16H18N4O2. The fraction of sp³-hybridized carbons (Fsp3) is 0.375. The van der Waals surface area contributed by atoms with Gasteiger partial charge in [-0.15, -0.1) is 0 Å². The van der Waals surface area contributed by atoms with Crippen LogP contribution in [0, 0.1) is 0 Å². The van der Waals surface area contributed by atoms with E-state index in [1.54, 1.807) is 0 Å². The maximum atomic E-state index is 12.2. The number of carbonyl (C=O) groups excluding carboxylic acids is 1. The molecule has 2 heterocycles. The molecule has 2 aromatic rings. The molecule has 0 radical (unpaired) electrons. The Bertz CT molecular complexity index is 672. The largest absolute Gasteiger partial charge is 0.488 e. The lowest BCUT2D eigenvalue weighted by Crippen LogP contribution is -2.50. The number of aromatic nitrogens is 2. The zero-order valence-electron chi connectivity index (χ0n) is 12.1. The van der Waals surface area contributed by atoms with Crippen LogP contribution in [0.5, 0.6) is 5.75 Å². The van der Waals surface area contributed by atoms with Crippen LogP contribution in [0.2, 0.25) is 0 Å². The molecule has 1 aromatic carbocycles. The molecule has 1 aliphatic heterocycles. The van der Waals surface area contributed by atoms with E-state index in [2.05, 4.69) is 20.8 Å². The van der Waals surface area contributed by atoms with Crippen molar-refractivity contribution in [1.82, 2.24) is 15.5 Å². The van der Waals surface area contributed by atoms with E-state index in [-0.39, 0.29) is 12.0 Å². The molecule has 0 spiro atoms. The van der Waals surface area contributed by atoms with Crippen molar-refractivity contribution in [3.63, 3.8) is 0 Å². The quantitative estimate of drug-likeness (QED) is 0.787. The van der Waals surface area contributed by atoms with Crippen LogP contribution in [0.4, 0.5) is 5.69 Å². The first kappa shape index (κ1) is 13.3. The molecule has 1 saturated carbocycles. The van der Waals surface area contributed by atoms with E-state index in [1.165, 1.54) is 12.8 Å². The maximum Gasteiger partial charge on any atom is 0.276 e. The van der Waals surface area contributed by atoms with E-state index in [4.69, 9.17) is 4.74 Å². The molecule has 6 nitrogen and oxygen atoms in total. The molecule has 2 fully saturated rings. The van der Waals surface area contributed by atoms with Gasteiger partial charge in [0, 0.05) is 30.4 Å². The number of nitrogens with zero attached hydrogens (tertiary/aromatic N) is 1. The molecular weight excluding hydrogens is 280 g/mol. The SMILES string of the molecule is O=C(Nc1ccc(OC2CNC2)cc1)c1cc(C2CC2)[nH]n1. The Morgan fingerprint density at radius 2 is 2.00 bits per heavy atom. The number of aromatic amines is 1. The smallest absolute Gasteiger partial charge is 0.276 e. The Hall–Kier alpha value is -2.34. The third kappa shape index (κ3) is 2.82. The van der Waals surface area contributed by atoms with Crippen molar-refractivity contribution in [2.75, 3.05) is 18.4 Å². The number of benzene rings is 1. The van der Waals surface area contributed by atoms with Gasteiger partial charge in [-0.05, 0) is 43.2 Å². The van der Waals surface area contributed by atoms with E-state index in [0.29, 0.717) is 11.6 Å². The van der Waals surface area contributed by atoms with Gasteiger partial charge >= 0.3 is 0 Å². The average Bonchev–Trinajstić information content (AvgIpc) is 3.22. The van der Waals surface area contributed by atoms with Crippen LogP contribution in [0.1, 0.15) is 34.9 Å². The number of nitrogens with one attached hydrogen (secondary N) is 3. The van der Waals surface area contributed by atoms with E-state index in [1.807, 2.05) is 30.3 Å². The van der Waals surface area contributed by atoms with Gasteiger partial charge in [-0.2, -0.15) is 5.10 Å². The molecule has 0 unspecified atom stereocenters. The number of carbonyl (C=O) groups is 1. The van der Waals surface area contributed by atoms with Crippen molar-refractivity contribution in [2.45, 2.75) is 24.9 Å². The van der Waals surface area contributed by atoms with Gasteiger partial charge in [0.15, 0.2) is 5.69 Å². The number of hydrogen-bond acceptors (Lipinski definition) is 4. The van der Waals surface area contributed by atoms with Crippen molar-refractivity contribution >= 4 is 11.6 Å². The Labute approximate surface area is 128 Å². The van der Waals surface area contributed by atoms with Gasteiger partial charge in [0.2, 0.25) is 0 Å². The van der Waals surface area contributed by atoms with E-state index in [0.717, 1.165) is 30.2 Å². The van der Waals surface area contributed by atoms with Crippen LogP contribution < -0.4 is 15.4 Å². The van der Waals surface area contributed by atoms with Crippen molar-refractivity contribution in [1.29, 1.82) is 0 Å². The second-order valence-electron chi connectivity index (χ2n) is 5.86. The summed E-state index contributed by atoms with van der Waals surface area (Å²) in [5.74, 6) is 1.19. The summed E-state index contributed by atoms with van der Waals surface area (Å²) in [6.45, 7) is 1.78. The molecule has 4 rings (SSSR count). The summed E-state index contributed by atoms with van der Waals surface area (Å²) in [6, 6.07) is 9.26. The van der Waals surface area contributed by atoms with Crippen LogP contribution >= 0.6 is 0 Å². The first-order chi connectivity index (χ1) is 10.8. The predicted octanol–water partition coefficient (Wildman–Crippen LogP) is 1.89. The monoisotopic (exact) mass is 298 g/mol. The summed E-state index contributed by atoms with van der Waals surface area (Å²) in [6.07, 6.45) is 2.62. The highest BCUT2D eigenvalue weighted by atomic mass is 16.5. The zero-order valence-corrected chi connectivity index (χ0v) is 12.1. The highest BCUT2D eigenvalue weighted by Crippen LogP contribution is 2.39. The second kappa shape index (κ2) is 5.46. The third-order valence-corrected chi connectivity index (χ3v) is 4.01. The summed E-state index contributed by atoms with van der Waals surface area (Å²) in [5.41, 5.74) is 2.23. The lowest BCUT2D eigenvalue weighted by molar-refractivity contribution is 0.102. The normalized spacial score (nSPS) is 17.8. The molecule has 3 N–H and O–H groups in total. The van der Waals surface area contributed by atoms with Crippen LogP contribution in [0.25, 0.3) is 0 Å². The highest BCUT2D eigenvalue weighted by molar-refractivity contribution is 6.02. The first-order valence-corrected chi connectivity index (χ1v) is 7.62. The van der Waals surface area contributed by atoms with Gasteiger partial charge in [-0.3, -0.25) is 9.89 Å². The topological polar surface area (TPSA) is 79.0 Å². The lowest BCUT2D eigenvalue weighted by Gasteiger charge is -2.27.